The Morgan fingerprint density at radius 1 is 1.62 bits per heavy atom. The molecule has 2 N–H and O–H groups in total. The number of aryl methyl sites for hydroxylation is 1. The summed E-state index contributed by atoms with van der Waals surface area (Å²) in [6.45, 7) is 2.32. The highest BCUT2D eigenvalue weighted by Crippen LogP contribution is 2.01. The fourth-order valence-corrected chi connectivity index (χ4v) is 0.987. The van der Waals surface area contributed by atoms with E-state index in [2.05, 4.69) is 21.7 Å². The topological polar surface area (TPSA) is 41.9 Å². The lowest BCUT2D eigenvalue weighted by molar-refractivity contribution is 0.746. The van der Waals surface area contributed by atoms with E-state index in [0.717, 1.165) is 18.9 Å². The predicted octanol–water partition coefficient (Wildman–Crippen LogP) is 0.0548. The second kappa shape index (κ2) is 5.22. The Hall–Kier alpha value is -1.47. The highest BCUT2D eigenvalue weighted by molar-refractivity contribution is 5.33. The van der Waals surface area contributed by atoms with E-state index in [4.69, 9.17) is 6.42 Å². The second-order valence-electron chi connectivity index (χ2n) is 2.65. The number of aromatic nitrogens is 2. The van der Waals surface area contributed by atoms with Crippen LogP contribution < -0.4 is 10.6 Å². The van der Waals surface area contributed by atoms with Crippen molar-refractivity contribution < 1.29 is 0 Å². The van der Waals surface area contributed by atoms with Gasteiger partial charge in [-0.2, -0.15) is 5.10 Å². The molecule has 4 heteroatoms. The molecule has 0 fully saturated rings. The van der Waals surface area contributed by atoms with Crippen LogP contribution in [0.3, 0.4) is 0 Å². The minimum Gasteiger partial charge on any atom is -0.369 e. The molecule has 0 aliphatic heterocycles. The standard InChI is InChI=1S/C9H14N4/c1-3-5-10-7-8-11-9-4-6-12-13(9)2/h1,4,6,10-11H,5,7-8H2,2H3. The van der Waals surface area contributed by atoms with Crippen LogP contribution in [-0.2, 0) is 7.05 Å². The number of rotatable bonds is 5. The van der Waals surface area contributed by atoms with Crippen molar-refractivity contribution in [1.82, 2.24) is 15.1 Å². The summed E-state index contributed by atoms with van der Waals surface area (Å²) in [6, 6.07) is 1.93. The maximum Gasteiger partial charge on any atom is 0.123 e. The van der Waals surface area contributed by atoms with E-state index in [0.29, 0.717) is 6.54 Å². The number of nitrogens with one attached hydrogen (secondary N) is 2. The Kier molecular flexibility index (Phi) is 3.86. The molecule has 1 rings (SSSR count). The maximum absolute atomic E-state index is 5.08. The van der Waals surface area contributed by atoms with Gasteiger partial charge in [0.05, 0.1) is 12.7 Å². The quantitative estimate of drug-likeness (QED) is 0.494. The van der Waals surface area contributed by atoms with Gasteiger partial charge >= 0.3 is 0 Å². The first-order chi connectivity index (χ1) is 6.34. The van der Waals surface area contributed by atoms with Crippen LogP contribution in [-0.4, -0.2) is 29.4 Å². The van der Waals surface area contributed by atoms with Crippen LogP contribution in [0.25, 0.3) is 0 Å². The van der Waals surface area contributed by atoms with Gasteiger partial charge in [-0.05, 0) is 0 Å². The summed E-state index contributed by atoms with van der Waals surface area (Å²) in [7, 11) is 1.90. The molecule has 1 aromatic heterocycles. The first kappa shape index (κ1) is 9.62. The Bertz CT molecular complexity index is 284. The molecular formula is C9H14N4. The van der Waals surface area contributed by atoms with E-state index in [1.807, 2.05) is 13.1 Å². The van der Waals surface area contributed by atoms with Gasteiger partial charge in [0.15, 0.2) is 0 Å². The van der Waals surface area contributed by atoms with Gasteiger partial charge < -0.3 is 10.6 Å². The second-order valence-corrected chi connectivity index (χ2v) is 2.65. The van der Waals surface area contributed by atoms with Gasteiger partial charge in [-0.3, -0.25) is 4.68 Å². The van der Waals surface area contributed by atoms with Gasteiger partial charge in [-0.15, -0.1) is 6.42 Å². The average Bonchev–Trinajstić information content (AvgIpc) is 2.52. The number of terminal acetylenes is 1. The van der Waals surface area contributed by atoms with Crippen LogP contribution in [0.15, 0.2) is 12.3 Å². The zero-order valence-corrected chi connectivity index (χ0v) is 7.75. The number of nitrogens with zero attached hydrogens (tertiary/aromatic N) is 2. The maximum atomic E-state index is 5.08. The van der Waals surface area contributed by atoms with Gasteiger partial charge in [-0.1, -0.05) is 5.92 Å². The van der Waals surface area contributed by atoms with Crippen molar-refractivity contribution in [1.29, 1.82) is 0 Å². The molecule has 13 heavy (non-hydrogen) atoms. The van der Waals surface area contributed by atoms with Crippen molar-refractivity contribution in [3.05, 3.63) is 12.3 Å². The zero-order valence-electron chi connectivity index (χ0n) is 7.75. The fraction of sp³-hybridized carbons (Fsp3) is 0.444. The van der Waals surface area contributed by atoms with Gasteiger partial charge in [0, 0.05) is 26.2 Å². The van der Waals surface area contributed by atoms with Crippen molar-refractivity contribution in [3.8, 4) is 12.3 Å². The number of hydrogen-bond acceptors (Lipinski definition) is 3. The van der Waals surface area contributed by atoms with Gasteiger partial charge in [0.1, 0.15) is 5.82 Å². The molecule has 4 nitrogen and oxygen atoms in total. The van der Waals surface area contributed by atoms with Gasteiger partial charge in [0.2, 0.25) is 0 Å². The first-order valence-corrected chi connectivity index (χ1v) is 4.20. The van der Waals surface area contributed by atoms with Crippen molar-refractivity contribution in [3.63, 3.8) is 0 Å². The molecule has 0 atom stereocenters. The molecule has 0 aromatic carbocycles. The van der Waals surface area contributed by atoms with Crippen molar-refractivity contribution >= 4 is 5.82 Å². The van der Waals surface area contributed by atoms with Crippen molar-refractivity contribution in [2.45, 2.75) is 0 Å². The SMILES string of the molecule is C#CCNCCNc1ccnn1C. The summed E-state index contributed by atoms with van der Waals surface area (Å²) >= 11 is 0. The van der Waals surface area contributed by atoms with E-state index in [1.165, 1.54) is 0 Å². The monoisotopic (exact) mass is 178 g/mol. The molecule has 0 saturated heterocycles. The summed E-state index contributed by atoms with van der Waals surface area (Å²) in [5.74, 6) is 3.53. The molecule has 0 bridgehead atoms. The van der Waals surface area contributed by atoms with Crippen LogP contribution in [0, 0.1) is 12.3 Å². The number of hydrogen-bond donors (Lipinski definition) is 2. The van der Waals surface area contributed by atoms with E-state index >= 15 is 0 Å². The Morgan fingerprint density at radius 2 is 2.46 bits per heavy atom. The highest BCUT2D eigenvalue weighted by atomic mass is 15.3. The van der Waals surface area contributed by atoms with Gasteiger partial charge in [-0.25, -0.2) is 0 Å². The Morgan fingerprint density at radius 3 is 3.08 bits per heavy atom. The summed E-state index contributed by atoms with van der Waals surface area (Å²) in [6.07, 6.45) is 6.84. The summed E-state index contributed by atoms with van der Waals surface area (Å²) in [5, 5.41) is 10.3. The van der Waals surface area contributed by atoms with Crippen LogP contribution in [0.1, 0.15) is 0 Å². The van der Waals surface area contributed by atoms with E-state index < -0.39 is 0 Å². The van der Waals surface area contributed by atoms with Crippen molar-refractivity contribution in [2.75, 3.05) is 25.0 Å². The largest absolute Gasteiger partial charge is 0.369 e. The Balaban J connectivity index is 2.14. The lowest BCUT2D eigenvalue weighted by Gasteiger charge is -2.05. The third-order valence-corrected chi connectivity index (χ3v) is 1.66. The molecule has 0 spiro atoms. The van der Waals surface area contributed by atoms with E-state index in [1.54, 1.807) is 10.9 Å². The van der Waals surface area contributed by atoms with Crippen LogP contribution in [0.5, 0.6) is 0 Å². The molecule has 0 radical (unpaired) electrons. The molecule has 0 amide bonds. The lowest BCUT2D eigenvalue weighted by Crippen LogP contribution is -2.22. The lowest BCUT2D eigenvalue weighted by atomic mass is 10.5. The third-order valence-electron chi connectivity index (χ3n) is 1.66. The predicted molar refractivity (Wildman–Crippen MR) is 53.4 cm³/mol. The van der Waals surface area contributed by atoms with Gasteiger partial charge in [0.25, 0.3) is 0 Å². The molecular weight excluding hydrogens is 164 g/mol. The molecule has 70 valence electrons. The third kappa shape index (κ3) is 3.18. The normalized spacial score (nSPS) is 9.54. The van der Waals surface area contributed by atoms with E-state index in [9.17, 15) is 0 Å². The molecule has 1 aromatic rings. The summed E-state index contributed by atoms with van der Waals surface area (Å²) < 4.78 is 1.79. The summed E-state index contributed by atoms with van der Waals surface area (Å²) in [5.41, 5.74) is 0. The molecule has 0 saturated carbocycles. The Labute approximate surface area is 78.3 Å². The highest BCUT2D eigenvalue weighted by Gasteiger charge is 1.94. The smallest absolute Gasteiger partial charge is 0.123 e. The number of anilines is 1. The molecule has 0 unspecified atom stereocenters. The molecule has 0 aliphatic rings. The minimum atomic E-state index is 0.618. The molecule has 0 aliphatic carbocycles. The van der Waals surface area contributed by atoms with Crippen LogP contribution in [0.2, 0.25) is 0 Å². The van der Waals surface area contributed by atoms with Crippen molar-refractivity contribution in [2.24, 2.45) is 7.05 Å². The van der Waals surface area contributed by atoms with Crippen LogP contribution >= 0.6 is 0 Å². The minimum absolute atomic E-state index is 0.618. The fourth-order valence-electron chi connectivity index (χ4n) is 0.987. The summed E-state index contributed by atoms with van der Waals surface area (Å²) in [4.78, 5) is 0. The van der Waals surface area contributed by atoms with Crippen LogP contribution in [0.4, 0.5) is 5.82 Å². The van der Waals surface area contributed by atoms with E-state index in [-0.39, 0.29) is 0 Å². The first-order valence-electron chi connectivity index (χ1n) is 4.20. The zero-order chi connectivity index (χ0) is 9.52. The molecule has 1 heterocycles. The average molecular weight is 178 g/mol.